The number of hydrogen-bond donors (Lipinski definition) is 1. The lowest BCUT2D eigenvalue weighted by Gasteiger charge is -2.12. The lowest BCUT2D eigenvalue weighted by molar-refractivity contribution is -0.157. The van der Waals surface area contributed by atoms with Gasteiger partial charge < -0.3 is 19.7 Å². The van der Waals surface area contributed by atoms with Crippen molar-refractivity contribution >= 4 is 17.8 Å². The van der Waals surface area contributed by atoms with Crippen LogP contribution in [0.1, 0.15) is 12.8 Å². The molecule has 7 nitrogen and oxygen atoms in total. The van der Waals surface area contributed by atoms with Crippen LogP contribution < -0.4 is 5.32 Å². The number of nitrogens with one attached hydrogen (secondary N) is 1. The maximum Gasteiger partial charge on any atom is 0.335 e. The molecule has 0 unspecified atom stereocenters. The number of carbonyl (C=O) groups is 3. The van der Waals surface area contributed by atoms with Gasteiger partial charge in [-0.15, -0.1) is 0 Å². The fraction of sp³-hybridized carbons (Fsp3) is 0.727. The van der Waals surface area contributed by atoms with E-state index in [2.05, 4.69) is 5.32 Å². The van der Waals surface area contributed by atoms with E-state index < -0.39 is 18.0 Å². The second-order valence-corrected chi connectivity index (χ2v) is 4.17. The molecule has 0 radical (unpaired) electrons. The summed E-state index contributed by atoms with van der Waals surface area (Å²) >= 11 is 0. The van der Waals surface area contributed by atoms with E-state index in [0.29, 0.717) is 13.0 Å². The zero-order valence-electron chi connectivity index (χ0n) is 10.6. The largest absolute Gasteiger partial charge is 0.454 e. The first-order chi connectivity index (χ1) is 8.50. The van der Waals surface area contributed by atoms with Crippen molar-refractivity contribution in [1.29, 1.82) is 0 Å². The minimum atomic E-state index is -0.554. The van der Waals surface area contributed by atoms with Gasteiger partial charge in [0, 0.05) is 20.7 Å². The summed E-state index contributed by atoms with van der Waals surface area (Å²) in [6.07, 6.45) is 0.893. The summed E-state index contributed by atoms with van der Waals surface area (Å²) in [7, 11) is 3.18. The summed E-state index contributed by atoms with van der Waals surface area (Å²) in [6.45, 7) is 0.0476. The third-order valence-corrected chi connectivity index (χ3v) is 2.47. The van der Waals surface area contributed by atoms with E-state index >= 15 is 0 Å². The van der Waals surface area contributed by atoms with E-state index in [0.717, 1.165) is 6.42 Å². The first-order valence-electron chi connectivity index (χ1n) is 5.76. The lowest BCUT2D eigenvalue weighted by Crippen LogP contribution is -2.38. The van der Waals surface area contributed by atoms with Gasteiger partial charge in [-0.25, -0.2) is 4.79 Å². The highest BCUT2D eigenvalue weighted by Crippen LogP contribution is 2.12. The molecule has 0 aromatic heterocycles. The van der Waals surface area contributed by atoms with E-state index in [1.165, 1.54) is 4.90 Å². The molecule has 7 heteroatoms. The Kier molecular flexibility index (Phi) is 5.57. The van der Waals surface area contributed by atoms with Crippen LogP contribution in [0.25, 0.3) is 0 Å². The van der Waals surface area contributed by atoms with E-state index in [9.17, 15) is 14.4 Å². The Morgan fingerprint density at radius 1 is 1.39 bits per heavy atom. The number of nitrogens with zero attached hydrogens (tertiary/aromatic N) is 1. The molecule has 1 rings (SSSR count). The Balaban J connectivity index is 2.16. The number of hydrogen-bond acceptors (Lipinski definition) is 5. The smallest absolute Gasteiger partial charge is 0.335 e. The summed E-state index contributed by atoms with van der Waals surface area (Å²) in [5.41, 5.74) is 0. The van der Waals surface area contributed by atoms with Gasteiger partial charge in [-0.3, -0.25) is 9.59 Å². The van der Waals surface area contributed by atoms with Crippen molar-refractivity contribution < 1.29 is 23.9 Å². The van der Waals surface area contributed by atoms with Crippen LogP contribution in [0, 0.1) is 0 Å². The van der Waals surface area contributed by atoms with E-state index in [4.69, 9.17) is 9.47 Å². The van der Waals surface area contributed by atoms with Crippen LogP contribution in [-0.4, -0.2) is 62.6 Å². The topological polar surface area (TPSA) is 84.9 Å². The van der Waals surface area contributed by atoms with Crippen LogP contribution >= 0.6 is 0 Å². The molecular weight excluding hydrogens is 240 g/mol. The van der Waals surface area contributed by atoms with Gasteiger partial charge in [-0.05, 0) is 12.8 Å². The average molecular weight is 258 g/mol. The molecule has 1 heterocycles. The molecule has 1 aliphatic rings. The SMILES string of the molecule is CN(C)C(=O)CNC(=O)COC(=O)[C@@H]1CCCO1. The van der Waals surface area contributed by atoms with Gasteiger partial charge in [0.05, 0.1) is 6.54 Å². The Labute approximate surface area is 105 Å². The minimum Gasteiger partial charge on any atom is -0.454 e. The van der Waals surface area contributed by atoms with Crippen LogP contribution in [0.3, 0.4) is 0 Å². The first-order valence-corrected chi connectivity index (χ1v) is 5.76. The molecule has 1 N–H and O–H groups in total. The molecule has 102 valence electrons. The molecule has 0 aromatic rings. The maximum absolute atomic E-state index is 11.4. The highest BCUT2D eigenvalue weighted by Gasteiger charge is 2.25. The van der Waals surface area contributed by atoms with Crippen molar-refractivity contribution in [1.82, 2.24) is 10.2 Å². The van der Waals surface area contributed by atoms with Gasteiger partial charge in [0.1, 0.15) is 0 Å². The third-order valence-electron chi connectivity index (χ3n) is 2.47. The van der Waals surface area contributed by atoms with Gasteiger partial charge in [0.15, 0.2) is 12.7 Å². The summed E-state index contributed by atoms with van der Waals surface area (Å²) in [5, 5.41) is 2.36. The minimum absolute atomic E-state index is 0.108. The summed E-state index contributed by atoms with van der Waals surface area (Å²) in [5.74, 6) is -1.26. The van der Waals surface area contributed by atoms with Gasteiger partial charge in [0.2, 0.25) is 5.91 Å². The standard InChI is InChI=1S/C11H18N2O5/c1-13(2)10(15)6-12-9(14)7-18-11(16)8-4-3-5-17-8/h8H,3-7H2,1-2H3,(H,12,14)/t8-/m0/s1. The lowest BCUT2D eigenvalue weighted by atomic mass is 10.2. The summed E-state index contributed by atoms with van der Waals surface area (Å²) in [4.78, 5) is 35.2. The number of amides is 2. The molecule has 1 atom stereocenters. The molecule has 0 spiro atoms. The summed E-state index contributed by atoms with van der Waals surface area (Å²) < 4.78 is 9.89. The predicted molar refractivity (Wildman–Crippen MR) is 61.6 cm³/mol. The summed E-state index contributed by atoms with van der Waals surface area (Å²) in [6, 6.07) is 0. The molecule has 0 saturated carbocycles. The Bertz CT molecular complexity index is 323. The first kappa shape index (κ1) is 14.4. The maximum atomic E-state index is 11.4. The highest BCUT2D eigenvalue weighted by molar-refractivity contribution is 5.86. The molecular formula is C11H18N2O5. The van der Waals surface area contributed by atoms with E-state index in [1.807, 2.05) is 0 Å². The van der Waals surface area contributed by atoms with Crippen LogP contribution in [0.5, 0.6) is 0 Å². The van der Waals surface area contributed by atoms with Crippen molar-refractivity contribution in [2.75, 3.05) is 33.9 Å². The van der Waals surface area contributed by atoms with Crippen LogP contribution in [-0.2, 0) is 23.9 Å². The molecule has 1 aliphatic heterocycles. The second-order valence-electron chi connectivity index (χ2n) is 4.17. The molecule has 18 heavy (non-hydrogen) atoms. The van der Waals surface area contributed by atoms with Crippen molar-refractivity contribution in [2.24, 2.45) is 0 Å². The van der Waals surface area contributed by atoms with Crippen molar-refractivity contribution in [3.8, 4) is 0 Å². The van der Waals surface area contributed by atoms with Crippen molar-refractivity contribution in [2.45, 2.75) is 18.9 Å². The van der Waals surface area contributed by atoms with Crippen LogP contribution in [0.4, 0.5) is 0 Å². The van der Waals surface area contributed by atoms with E-state index in [-0.39, 0.29) is 19.1 Å². The van der Waals surface area contributed by atoms with Gasteiger partial charge in [0.25, 0.3) is 5.91 Å². The monoisotopic (exact) mass is 258 g/mol. The van der Waals surface area contributed by atoms with Crippen molar-refractivity contribution in [3.05, 3.63) is 0 Å². The zero-order valence-corrected chi connectivity index (χ0v) is 10.6. The number of esters is 1. The Morgan fingerprint density at radius 2 is 2.11 bits per heavy atom. The normalized spacial score (nSPS) is 18.2. The number of rotatable bonds is 5. The van der Waals surface area contributed by atoms with E-state index in [1.54, 1.807) is 14.1 Å². The fourth-order valence-electron chi connectivity index (χ4n) is 1.38. The molecule has 1 fully saturated rings. The quantitative estimate of drug-likeness (QED) is 0.634. The van der Waals surface area contributed by atoms with Crippen LogP contribution in [0.15, 0.2) is 0 Å². The van der Waals surface area contributed by atoms with Gasteiger partial charge in [-0.2, -0.15) is 0 Å². The van der Waals surface area contributed by atoms with Crippen molar-refractivity contribution in [3.63, 3.8) is 0 Å². The molecule has 0 bridgehead atoms. The number of carbonyl (C=O) groups excluding carboxylic acids is 3. The molecule has 0 aromatic carbocycles. The number of likely N-dealkylation sites (N-methyl/N-ethyl adjacent to an activating group) is 1. The molecule has 2 amide bonds. The Hall–Kier alpha value is -1.63. The molecule has 1 saturated heterocycles. The zero-order chi connectivity index (χ0) is 13.5. The van der Waals surface area contributed by atoms with Gasteiger partial charge >= 0.3 is 5.97 Å². The fourth-order valence-corrected chi connectivity index (χ4v) is 1.38. The number of ether oxygens (including phenoxy) is 2. The predicted octanol–water partition coefficient (Wildman–Crippen LogP) is -1.09. The molecule has 0 aliphatic carbocycles. The second kappa shape index (κ2) is 6.95. The van der Waals surface area contributed by atoms with Gasteiger partial charge in [-0.1, -0.05) is 0 Å². The Morgan fingerprint density at radius 3 is 2.67 bits per heavy atom. The average Bonchev–Trinajstić information content (AvgIpc) is 2.86. The third kappa shape index (κ3) is 4.70. The van der Waals surface area contributed by atoms with Crippen LogP contribution in [0.2, 0.25) is 0 Å². The highest BCUT2D eigenvalue weighted by atomic mass is 16.6.